The second-order valence-corrected chi connectivity index (χ2v) is 8.32. The zero-order valence-electron chi connectivity index (χ0n) is 16.7. The molecule has 1 saturated heterocycles. The van der Waals surface area contributed by atoms with Gasteiger partial charge in [0.2, 0.25) is 5.13 Å². The van der Waals surface area contributed by atoms with Crippen LogP contribution in [0.1, 0.15) is 28.0 Å². The van der Waals surface area contributed by atoms with E-state index in [-0.39, 0.29) is 11.3 Å². The number of imidazole rings is 1. The van der Waals surface area contributed by atoms with Gasteiger partial charge in [0.05, 0.1) is 17.3 Å². The number of ketones is 1. The summed E-state index contributed by atoms with van der Waals surface area (Å²) in [5, 5.41) is 20.4. The number of aliphatic hydroxyl groups is 1. The summed E-state index contributed by atoms with van der Waals surface area (Å²) in [6, 6.07) is 13.7. The van der Waals surface area contributed by atoms with E-state index in [1.54, 1.807) is 30.5 Å². The maximum absolute atomic E-state index is 13.2. The Hall–Kier alpha value is -3.85. The van der Waals surface area contributed by atoms with E-state index in [4.69, 9.17) is 0 Å². The minimum Gasteiger partial charge on any atom is -0.505 e. The molecule has 9 heteroatoms. The van der Waals surface area contributed by atoms with Crippen molar-refractivity contribution >= 4 is 39.6 Å². The van der Waals surface area contributed by atoms with Crippen molar-refractivity contribution in [2.45, 2.75) is 19.9 Å². The summed E-state index contributed by atoms with van der Waals surface area (Å²) in [6.07, 6.45) is 1.76. The number of aryl methyl sites for hydroxylation is 2. The van der Waals surface area contributed by atoms with E-state index < -0.39 is 17.7 Å². The van der Waals surface area contributed by atoms with E-state index in [1.807, 2.05) is 42.5 Å². The fourth-order valence-electron chi connectivity index (χ4n) is 3.89. The van der Waals surface area contributed by atoms with E-state index in [9.17, 15) is 14.7 Å². The molecule has 1 aliphatic heterocycles. The van der Waals surface area contributed by atoms with Crippen LogP contribution in [-0.4, -0.2) is 36.4 Å². The maximum atomic E-state index is 13.2. The average molecular weight is 431 g/mol. The fraction of sp³-hybridized carbons (Fsp3) is 0.136. The molecule has 8 nitrogen and oxygen atoms in total. The van der Waals surface area contributed by atoms with Gasteiger partial charge in [0.1, 0.15) is 16.3 Å². The number of hydrogen-bond donors (Lipinski definition) is 1. The highest BCUT2D eigenvalue weighted by Gasteiger charge is 2.48. The lowest BCUT2D eigenvalue weighted by atomic mass is 9.96. The molecule has 1 unspecified atom stereocenters. The lowest BCUT2D eigenvalue weighted by Crippen LogP contribution is -2.29. The van der Waals surface area contributed by atoms with E-state index >= 15 is 0 Å². The number of Topliss-reactive ketones (excluding diaryl/α,β-unsaturated/α-hetero) is 1. The van der Waals surface area contributed by atoms with Crippen molar-refractivity contribution in [2.24, 2.45) is 0 Å². The van der Waals surface area contributed by atoms with Gasteiger partial charge in [-0.05, 0) is 31.5 Å². The number of benzene rings is 1. The number of amides is 1. The van der Waals surface area contributed by atoms with E-state index in [0.29, 0.717) is 32.7 Å². The molecule has 0 aliphatic carbocycles. The van der Waals surface area contributed by atoms with E-state index in [0.717, 1.165) is 0 Å². The Kier molecular flexibility index (Phi) is 4.40. The minimum absolute atomic E-state index is 0.00203. The van der Waals surface area contributed by atoms with Crippen molar-refractivity contribution in [2.75, 3.05) is 4.90 Å². The van der Waals surface area contributed by atoms with Gasteiger partial charge in [-0.1, -0.05) is 47.7 Å². The molecule has 4 heterocycles. The second kappa shape index (κ2) is 7.13. The number of fused-ring (bicyclic) bond motifs is 1. The van der Waals surface area contributed by atoms with Crippen LogP contribution in [0, 0.1) is 13.8 Å². The van der Waals surface area contributed by atoms with Crippen molar-refractivity contribution in [3.8, 4) is 0 Å². The standard InChI is InChI=1S/C22H17N5O3S/c1-12-17(26-11-7-6-10-15(26)23-12)19(28)16-18(14-8-4-3-5-9-14)27(21(30)20(16)29)22-25-24-13(2)31-22/h3-11,18,28H,1-2H3/b19-16+. The van der Waals surface area contributed by atoms with Crippen LogP contribution in [0.15, 0.2) is 60.3 Å². The number of aliphatic hydroxyl groups excluding tert-OH is 1. The van der Waals surface area contributed by atoms with Gasteiger partial charge in [-0.25, -0.2) is 4.98 Å². The largest absolute Gasteiger partial charge is 0.505 e. The monoisotopic (exact) mass is 431 g/mol. The Morgan fingerprint density at radius 3 is 2.48 bits per heavy atom. The van der Waals surface area contributed by atoms with Crippen LogP contribution >= 0.6 is 11.3 Å². The van der Waals surface area contributed by atoms with E-state index in [1.165, 1.54) is 16.2 Å². The molecular formula is C22H17N5O3S. The first-order valence-electron chi connectivity index (χ1n) is 9.57. The molecule has 0 bridgehead atoms. The number of carbonyl (C=O) groups excluding carboxylic acids is 2. The Morgan fingerprint density at radius 1 is 1.03 bits per heavy atom. The van der Waals surface area contributed by atoms with Crippen LogP contribution in [0.4, 0.5) is 5.13 Å². The first-order valence-corrected chi connectivity index (χ1v) is 10.4. The van der Waals surface area contributed by atoms with Gasteiger partial charge in [0.15, 0.2) is 5.76 Å². The number of nitrogens with zero attached hydrogens (tertiary/aromatic N) is 5. The zero-order chi connectivity index (χ0) is 21.7. The number of rotatable bonds is 3. The van der Waals surface area contributed by atoms with Crippen molar-refractivity contribution in [3.05, 3.63) is 82.3 Å². The Bertz CT molecular complexity index is 1370. The summed E-state index contributed by atoms with van der Waals surface area (Å²) >= 11 is 1.22. The van der Waals surface area contributed by atoms with Crippen LogP contribution in [0.25, 0.3) is 11.4 Å². The number of carbonyl (C=O) groups is 2. The van der Waals surface area contributed by atoms with Crippen molar-refractivity contribution < 1.29 is 14.7 Å². The number of hydrogen-bond acceptors (Lipinski definition) is 7. The van der Waals surface area contributed by atoms with Gasteiger partial charge < -0.3 is 5.11 Å². The molecule has 5 rings (SSSR count). The molecule has 31 heavy (non-hydrogen) atoms. The predicted molar refractivity (Wildman–Crippen MR) is 116 cm³/mol. The van der Waals surface area contributed by atoms with Crippen molar-refractivity contribution in [1.29, 1.82) is 0 Å². The highest BCUT2D eigenvalue weighted by molar-refractivity contribution is 7.15. The topological polar surface area (TPSA) is 101 Å². The quantitative estimate of drug-likeness (QED) is 0.303. The Labute approximate surface area is 181 Å². The molecule has 3 aromatic heterocycles. The molecule has 1 atom stereocenters. The van der Waals surface area contributed by atoms with Gasteiger partial charge in [-0.3, -0.25) is 18.9 Å². The van der Waals surface area contributed by atoms with Crippen LogP contribution in [-0.2, 0) is 9.59 Å². The van der Waals surface area contributed by atoms with Crippen molar-refractivity contribution in [3.63, 3.8) is 0 Å². The lowest BCUT2D eigenvalue weighted by molar-refractivity contribution is -0.132. The Morgan fingerprint density at radius 2 is 1.77 bits per heavy atom. The minimum atomic E-state index is -0.831. The van der Waals surface area contributed by atoms with Gasteiger partial charge in [-0.2, -0.15) is 0 Å². The smallest absolute Gasteiger partial charge is 0.301 e. The van der Waals surface area contributed by atoms with Crippen LogP contribution in [0.2, 0.25) is 0 Å². The number of anilines is 1. The van der Waals surface area contributed by atoms with Crippen LogP contribution in [0.5, 0.6) is 0 Å². The summed E-state index contributed by atoms with van der Waals surface area (Å²) in [7, 11) is 0. The third-order valence-corrected chi connectivity index (χ3v) is 6.05. The van der Waals surface area contributed by atoms with Gasteiger partial charge in [0.25, 0.3) is 5.78 Å². The van der Waals surface area contributed by atoms with Crippen LogP contribution < -0.4 is 4.90 Å². The number of pyridine rings is 1. The van der Waals surface area contributed by atoms with Crippen LogP contribution in [0.3, 0.4) is 0 Å². The first-order chi connectivity index (χ1) is 15.0. The first kappa shape index (κ1) is 19.1. The molecule has 1 aromatic carbocycles. The fourth-order valence-corrected chi connectivity index (χ4v) is 4.60. The summed E-state index contributed by atoms with van der Waals surface area (Å²) in [4.78, 5) is 32.0. The lowest BCUT2D eigenvalue weighted by Gasteiger charge is -2.22. The predicted octanol–water partition coefficient (Wildman–Crippen LogP) is 3.43. The third kappa shape index (κ3) is 2.93. The third-order valence-electron chi connectivity index (χ3n) is 5.21. The number of aromatic nitrogens is 4. The molecule has 4 aromatic rings. The SMILES string of the molecule is Cc1nnc(N2C(=O)C(=O)/C(=C(/O)c3c(C)nc4ccccn34)C2c2ccccc2)s1. The summed E-state index contributed by atoms with van der Waals surface area (Å²) < 4.78 is 1.70. The summed E-state index contributed by atoms with van der Waals surface area (Å²) in [5.41, 5.74) is 2.24. The second-order valence-electron chi connectivity index (χ2n) is 7.16. The zero-order valence-corrected chi connectivity index (χ0v) is 17.5. The normalized spacial score (nSPS) is 18.3. The molecule has 1 aliphatic rings. The molecule has 1 fully saturated rings. The van der Waals surface area contributed by atoms with Crippen molar-refractivity contribution in [1.82, 2.24) is 19.6 Å². The molecule has 1 amide bonds. The Balaban J connectivity index is 1.79. The van der Waals surface area contributed by atoms with Gasteiger partial charge >= 0.3 is 5.91 Å². The van der Waals surface area contributed by atoms with Gasteiger partial charge in [-0.15, -0.1) is 10.2 Å². The highest BCUT2D eigenvalue weighted by atomic mass is 32.1. The highest BCUT2D eigenvalue weighted by Crippen LogP contribution is 2.43. The van der Waals surface area contributed by atoms with E-state index in [2.05, 4.69) is 15.2 Å². The molecule has 0 spiro atoms. The molecule has 154 valence electrons. The van der Waals surface area contributed by atoms with Gasteiger partial charge in [0, 0.05) is 6.20 Å². The molecule has 1 N–H and O–H groups in total. The molecular weight excluding hydrogens is 414 g/mol. The molecule has 0 radical (unpaired) electrons. The average Bonchev–Trinajstić information content (AvgIpc) is 3.42. The maximum Gasteiger partial charge on any atom is 0.301 e. The molecule has 0 saturated carbocycles. The summed E-state index contributed by atoms with van der Waals surface area (Å²) in [6.45, 7) is 3.53. The summed E-state index contributed by atoms with van der Waals surface area (Å²) in [5.74, 6) is -1.80.